The number of hydrogen-bond donors (Lipinski definition) is 0. The second kappa shape index (κ2) is 5.23. The molecule has 0 bridgehead atoms. The molecular weight excluding hydrogens is 276 g/mol. The van der Waals surface area contributed by atoms with Crippen LogP contribution in [0.4, 0.5) is 0 Å². The summed E-state index contributed by atoms with van der Waals surface area (Å²) in [6.07, 6.45) is 2.15. The lowest BCUT2D eigenvalue weighted by Gasteiger charge is -2.13. The standard InChI is InChI=1S/C18H18N2S/c1-2-18-19-15-8-4-5-9-16(15)20(18)12-14-11-13-7-3-6-10-17(13)21-14/h3-10,14H,2,11-12H2,1H3. The van der Waals surface area contributed by atoms with Gasteiger partial charge < -0.3 is 4.57 Å². The minimum atomic E-state index is 0.616. The molecule has 0 fully saturated rings. The molecule has 2 nitrogen and oxygen atoms in total. The van der Waals surface area contributed by atoms with E-state index in [2.05, 4.69) is 60.0 Å². The minimum Gasteiger partial charge on any atom is -0.327 e. The molecule has 1 unspecified atom stereocenters. The minimum absolute atomic E-state index is 0.616. The van der Waals surface area contributed by atoms with Crippen LogP contribution >= 0.6 is 11.8 Å². The van der Waals surface area contributed by atoms with Gasteiger partial charge in [-0.2, -0.15) is 0 Å². The van der Waals surface area contributed by atoms with Crippen LogP contribution in [0.25, 0.3) is 11.0 Å². The van der Waals surface area contributed by atoms with Crippen molar-refractivity contribution in [3.63, 3.8) is 0 Å². The third-order valence-electron chi connectivity index (χ3n) is 4.15. The topological polar surface area (TPSA) is 17.8 Å². The molecular formula is C18H18N2S. The fraction of sp³-hybridized carbons (Fsp3) is 0.278. The number of imidazole rings is 1. The summed E-state index contributed by atoms with van der Waals surface area (Å²) >= 11 is 2.01. The van der Waals surface area contributed by atoms with Crippen molar-refractivity contribution in [2.75, 3.05) is 0 Å². The molecule has 2 aromatic carbocycles. The third-order valence-corrected chi connectivity index (χ3v) is 5.45. The summed E-state index contributed by atoms with van der Waals surface area (Å²) < 4.78 is 2.42. The van der Waals surface area contributed by atoms with Crippen molar-refractivity contribution < 1.29 is 0 Å². The predicted octanol–water partition coefficient (Wildman–Crippen LogP) is 4.32. The summed E-state index contributed by atoms with van der Waals surface area (Å²) in [5.41, 5.74) is 3.88. The number of thioether (sulfide) groups is 1. The van der Waals surface area contributed by atoms with E-state index in [-0.39, 0.29) is 0 Å². The first-order valence-corrected chi connectivity index (χ1v) is 8.42. The van der Waals surface area contributed by atoms with Crippen molar-refractivity contribution in [2.45, 2.75) is 36.5 Å². The average Bonchev–Trinajstić information content (AvgIpc) is 3.08. The van der Waals surface area contributed by atoms with Gasteiger partial charge in [-0.3, -0.25) is 0 Å². The van der Waals surface area contributed by atoms with Crippen LogP contribution in [-0.2, 0) is 19.4 Å². The van der Waals surface area contributed by atoms with E-state index in [1.54, 1.807) is 0 Å². The SMILES string of the molecule is CCc1nc2ccccc2n1CC1Cc2ccccc2S1. The van der Waals surface area contributed by atoms with E-state index in [0.29, 0.717) is 5.25 Å². The lowest BCUT2D eigenvalue weighted by Crippen LogP contribution is -2.14. The zero-order chi connectivity index (χ0) is 14.2. The summed E-state index contributed by atoms with van der Waals surface area (Å²) in [7, 11) is 0. The van der Waals surface area contributed by atoms with Gasteiger partial charge in [0.1, 0.15) is 5.82 Å². The zero-order valence-corrected chi connectivity index (χ0v) is 12.9. The Morgan fingerprint density at radius 3 is 2.81 bits per heavy atom. The highest BCUT2D eigenvalue weighted by Crippen LogP contribution is 2.38. The zero-order valence-electron chi connectivity index (χ0n) is 12.1. The number of benzene rings is 2. The second-order valence-electron chi connectivity index (χ2n) is 5.53. The maximum atomic E-state index is 4.78. The molecule has 0 amide bonds. The molecule has 4 rings (SSSR count). The van der Waals surface area contributed by atoms with Crippen LogP contribution in [-0.4, -0.2) is 14.8 Å². The smallest absolute Gasteiger partial charge is 0.109 e. The molecule has 2 heterocycles. The lowest BCUT2D eigenvalue weighted by molar-refractivity contribution is 0.647. The highest BCUT2D eigenvalue weighted by atomic mass is 32.2. The van der Waals surface area contributed by atoms with Crippen molar-refractivity contribution in [3.8, 4) is 0 Å². The molecule has 0 spiro atoms. The Kier molecular flexibility index (Phi) is 3.23. The summed E-state index contributed by atoms with van der Waals surface area (Å²) in [5, 5.41) is 0.616. The van der Waals surface area contributed by atoms with Crippen LogP contribution in [0.15, 0.2) is 53.4 Å². The Balaban J connectivity index is 1.66. The first kappa shape index (κ1) is 13.0. The van der Waals surface area contributed by atoms with Crippen molar-refractivity contribution >= 4 is 22.8 Å². The van der Waals surface area contributed by atoms with Crippen LogP contribution in [0.2, 0.25) is 0 Å². The molecule has 0 radical (unpaired) electrons. The van der Waals surface area contributed by atoms with Crippen LogP contribution in [0.5, 0.6) is 0 Å². The Morgan fingerprint density at radius 1 is 1.14 bits per heavy atom. The molecule has 21 heavy (non-hydrogen) atoms. The Bertz CT molecular complexity index is 766. The number of hydrogen-bond acceptors (Lipinski definition) is 2. The molecule has 0 saturated heterocycles. The van der Waals surface area contributed by atoms with Crippen LogP contribution < -0.4 is 0 Å². The average molecular weight is 294 g/mol. The summed E-state index contributed by atoms with van der Waals surface area (Å²) in [6, 6.07) is 17.3. The fourth-order valence-electron chi connectivity index (χ4n) is 3.16. The number of nitrogens with zero attached hydrogens (tertiary/aromatic N) is 2. The monoisotopic (exact) mass is 294 g/mol. The number of para-hydroxylation sites is 2. The van der Waals surface area contributed by atoms with Gasteiger partial charge in [-0.15, -0.1) is 11.8 Å². The van der Waals surface area contributed by atoms with E-state index >= 15 is 0 Å². The summed E-state index contributed by atoms with van der Waals surface area (Å²) in [4.78, 5) is 6.23. The van der Waals surface area contributed by atoms with Gasteiger partial charge in [-0.25, -0.2) is 4.98 Å². The fourth-order valence-corrected chi connectivity index (χ4v) is 4.46. The van der Waals surface area contributed by atoms with Gasteiger partial charge in [0.25, 0.3) is 0 Å². The number of aromatic nitrogens is 2. The molecule has 0 aliphatic carbocycles. The van der Waals surface area contributed by atoms with E-state index in [1.165, 1.54) is 21.8 Å². The molecule has 1 atom stereocenters. The van der Waals surface area contributed by atoms with E-state index < -0.39 is 0 Å². The summed E-state index contributed by atoms with van der Waals surface area (Å²) in [6.45, 7) is 3.23. The molecule has 3 aromatic rings. The first-order chi connectivity index (χ1) is 10.3. The number of aryl methyl sites for hydroxylation is 1. The van der Waals surface area contributed by atoms with Crippen LogP contribution in [0, 0.1) is 0 Å². The van der Waals surface area contributed by atoms with Crippen molar-refractivity contribution in [1.29, 1.82) is 0 Å². The Labute approximate surface area is 129 Å². The van der Waals surface area contributed by atoms with Gasteiger partial charge in [0.05, 0.1) is 11.0 Å². The van der Waals surface area contributed by atoms with Gasteiger partial charge in [-0.05, 0) is 30.2 Å². The number of fused-ring (bicyclic) bond motifs is 2. The van der Waals surface area contributed by atoms with E-state index in [4.69, 9.17) is 4.98 Å². The quantitative estimate of drug-likeness (QED) is 0.716. The van der Waals surface area contributed by atoms with Crippen LogP contribution in [0.1, 0.15) is 18.3 Å². The molecule has 1 aliphatic rings. The lowest BCUT2D eigenvalue weighted by atomic mass is 10.1. The van der Waals surface area contributed by atoms with E-state index in [1.807, 2.05) is 11.8 Å². The van der Waals surface area contributed by atoms with Crippen molar-refractivity contribution in [1.82, 2.24) is 9.55 Å². The maximum Gasteiger partial charge on any atom is 0.109 e. The first-order valence-electron chi connectivity index (χ1n) is 7.54. The third kappa shape index (κ3) is 2.26. The van der Waals surface area contributed by atoms with E-state index in [0.717, 1.165) is 24.9 Å². The van der Waals surface area contributed by atoms with Gasteiger partial charge >= 0.3 is 0 Å². The molecule has 0 saturated carbocycles. The Morgan fingerprint density at radius 2 is 1.95 bits per heavy atom. The largest absolute Gasteiger partial charge is 0.327 e. The normalized spacial score (nSPS) is 17.3. The highest BCUT2D eigenvalue weighted by molar-refractivity contribution is 8.00. The Hall–Kier alpha value is -1.74. The van der Waals surface area contributed by atoms with E-state index in [9.17, 15) is 0 Å². The molecule has 0 N–H and O–H groups in total. The molecule has 106 valence electrons. The summed E-state index contributed by atoms with van der Waals surface area (Å²) in [5.74, 6) is 1.20. The van der Waals surface area contributed by atoms with Crippen molar-refractivity contribution in [3.05, 3.63) is 59.9 Å². The molecule has 1 aliphatic heterocycles. The van der Waals surface area contributed by atoms with Gasteiger partial charge in [0.15, 0.2) is 0 Å². The predicted molar refractivity (Wildman–Crippen MR) is 88.9 cm³/mol. The van der Waals surface area contributed by atoms with Crippen LogP contribution in [0.3, 0.4) is 0 Å². The van der Waals surface area contributed by atoms with Crippen molar-refractivity contribution in [2.24, 2.45) is 0 Å². The highest BCUT2D eigenvalue weighted by Gasteiger charge is 2.23. The maximum absolute atomic E-state index is 4.78. The van der Waals surface area contributed by atoms with Gasteiger partial charge in [-0.1, -0.05) is 37.3 Å². The number of rotatable bonds is 3. The molecule has 3 heteroatoms. The van der Waals surface area contributed by atoms with Gasteiger partial charge in [0.2, 0.25) is 0 Å². The molecule has 1 aromatic heterocycles. The second-order valence-corrected chi connectivity index (χ2v) is 6.87. The van der Waals surface area contributed by atoms with Gasteiger partial charge in [0, 0.05) is 23.1 Å².